The van der Waals surface area contributed by atoms with Crippen LogP contribution >= 0.6 is 0 Å². The van der Waals surface area contributed by atoms with E-state index in [1.165, 1.54) is 7.11 Å². The summed E-state index contributed by atoms with van der Waals surface area (Å²) >= 11 is 0. The highest BCUT2D eigenvalue weighted by molar-refractivity contribution is 5.73. The average molecular weight is 560 g/mol. The number of rotatable bonds is 9. The van der Waals surface area contributed by atoms with Gasteiger partial charge < -0.3 is 79.7 Å². The lowest BCUT2D eigenvalue weighted by atomic mass is 9.95. The first-order valence-electron chi connectivity index (χ1n) is 12.0. The number of hydrogen-bond acceptors (Lipinski definition) is 16. The number of amides is 1. The van der Waals surface area contributed by atoms with Crippen molar-refractivity contribution in [1.29, 1.82) is 0 Å². The summed E-state index contributed by atoms with van der Waals surface area (Å²) in [6.07, 6.45) is -21.5. The van der Waals surface area contributed by atoms with Crippen molar-refractivity contribution < 1.29 is 79.2 Å². The van der Waals surface area contributed by atoms with Crippen molar-refractivity contribution in [3.05, 3.63) is 0 Å². The van der Waals surface area contributed by atoms with E-state index >= 15 is 0 Å². The summed E-state index contributed by atoms with van der Waals surface area (Å²) in [6, 6.07) is -1.39. The number of nitrogens with one attached hydrogen (secondary N) is 1. The molecule has 3 saturated heterocycles. The molecule has 0 saturated carbocycles. The molecule has 17 nitrogen and oxygen atoms in total. The molecule has 222 valence electrons. The van der Waals surface area contributed by atoms with Gasteiger partial charge in [0.15, 0.2) is 18.9 Å². The van der Waals surface area contributed by atoms with Crippen LogP contribution in [0.1, 0.15) is 6.92 Å². The monoisotopic (exact) mass is 559 g/mol. The van der Waals surface area contributed by atoms with Gasteiger partial charge in [0.25, 0.3) is 0 Å². The van der Waals surface area contributed by atoms with E-state index in [1.807, 2.05) is 0 Å². The van der Waals surface area contributed by atoms with Crippen LogP contribution in [0.4, 0.5) is 0 Å². The maximum Gasteiger partial charge on any atom is 0.217 e. The summed E-state index contributed by atoms with van der Waals surface area (Å²) in [4.78, 5) is 11.7. The van der Waals surface area contributed by atoms with E-state index in [1.54, 1.807) is 0 Å². The first kappa shape index (κ1) is 31.4. The zero-order chi connectivity index (χ0) is 28.3. The third-order valence-corrected chi connectivity index (χ3v) is 6.72. The van der Waals surface area contributed by atoms with Crippen LogP contribution in [0.3, 0.4) is 0 Å². The topological polar surface area (TPSA) is 267 Å². The number of methoxy groups -OCH3 is 1. The Balaban J connectivity index is 1.82. The summed E-state index contributed by atoms with van der Waals surface area (Å²) in [6.45, 7) is -0.824. The van der Waals surface area contributed by atoms with Crippen molar-refractivity contribution in [2.45, 2.75) is 99.0 Å². The van der Waals surface area contributed by atoms with Gasteiger partial charge in [0.05, 0.1) is 19.8 Å². The molecule has 38 heavy (non-hydrogen) atoms. The van der Waals surface area contributed by atoms with Crippen LogP contribution in [0.2, 0.25) is 0 Å². The third kappa shape index (κ3) is 6.60. The summed E-state index contributed by atoms with van der Waals surface area (Å²) in [5.74, 6) is -0.631. The Hall–Kier alpha value is -1.13. The second-order valence-electron chi connectivity index (χ2n) is 9.32. The van der Waals surface area contributed by atoms with Gasteiger partial charge >= 0.3 is 0 Å². The van der Waals surface area contributed by atoms with Crippen LogP contribution in [0, 0.1) is 0 Å². The highest BCUT2D eigenvalue weighted by Crippen LogP contribution is 2.31. The Morgan fingerprint density at radius 1 is 0.737 bits per heavy atom. The van der Waals surface area contributed by atoms with Crippen LogP contribution in [-0.4, -0.2) is 171 Å². The number of ether oxygens (including phenoxy) is 6. The Bertz CT molecular complexity index is 763. The first-order chi connectivity index (χ1) is 17.9. The van der Waals surface area contributed by atoms with Gasteiger partial charge in [-0.3, -0.25) is 4.79 Å². The van der Waals surface area contributed by atoms with E-state index in [0.29, 0.717) is 0 Å². The van der Waals surface area contributed by atoms with E-state index in [4.69, 9.17) is 28.4 Å². The summed E-state index contributed by atoms with van der Waals surface area (Å²) in [5.41, 5.74) is 0. The second-order valence-corrected chi connectivity index (χ2v) is 9.32. The smallest absolute Gasteiger partial charge is 0.217 e. The number of carbonyl (C=O) groups excluding carboxylic acids is 1. The third-order valence-electron chi connectivity index (χ3n) is 6.72. The Kier molecular flexibility index (Phi) is 11.1. The Labute approximate surface area is 217 Å². The molecule has 10 N–H and O–H groups in total. The fraction of sp³-hybridized carbons (Fsp3) is 0.952. The molecule has 0 aromatic carbocycles. The van der Waals surface area contributed by atoms with Gasteiger partial charge in [-0.1, -0.05) is 0 Å². The van der Waals surface area contributed by atoms with Gasteiger partial charge in [-0.05, 0) is 0 Å². The summed E-state index contributed by atoms with van der Waals surface area (Å²) in [5, 5.41) is 93.3. The minimum absolute atomic E-state index is 0.480. The minimum atomic E-state index is -1.78. The quantitative estimate of drug-likeness (QED) is 0.126. The van der Waals surface area contributed by atoms with Gasteiger partial charge in [-0.2, -0.15) is 0 Å². The number of aliphatic hydroxyl groups excluding tert-OH is 9. The van der Waals surface area contributed by atoms with Gasteiger partial charge in [0, 0.05) is 14.0 Å². The molecule has 3 aliphatic rings. The van der Waals surface area contributed by atoms with Crippen molar-refractivity contribution in [2.24, 2.45) is 0 Å². The molecule has 0 aromatic rings. The molecule has 0 bridgehead atoms. The average Bonchev–Trinajstić information content (AvgIpc) is 2.88. The maximum atomic E-state index is 11.7. The lowest BCUT2D eigenvalue weighted by molar-refractivity contribution is -0.362. The van der Waals surface area contributed by atoms with Gasteiger partial charge in [-0.25, -0.2) is 0 Å². The van der Waals surface area contributed by atoms with Crippen LogP contribution in [-0.2, 0) is 33.2 Å². The molecule has 3 rings (SSSR count). The van der Waals surface area contributed by atoms with Crippen molar-refractivity contribution in [2.75, 3.05) is 26.9 Å². The zero-order valence-electron chi connectivity index (χ0n) is 20.7. The molecule has 1 amide bonds. The predicted octanol–water partition coefficient (Wildman–Crippen LogP) is -6.78. The molecule has 0 unspecified atom stereocenters. The van der Waals surface area contributed by atoms with E-state index in [-0.39, 0.29) is 0 Å². The van der Waals surface area contributed by atoms with E-state index in [9.17, 15) is 50.8 Å². The molecule has 0 spiro atoms. The van der Waals surface area contributed by atoms with Crippen LogP contribution in [0.25, 0.3) is 0 Å². The lowest BCUT2D eigenvalue weighted by Gasteiger charge is -2.47. The molecule has 0 aromatic heterocycles. The van der Waals surface area contributed by atoms with Crippen molar-refractivity contribution in [3.8, 4) is 0 Å². The molecular weight excluding hydrogens is 522 g/mol. The molecule has 3 aliphatic heterocycles. The molecule has 3 fully saturated rings. The van der Waals surface area contributed by atoms with Crippen molar-refractivity contribution in [1.82, 2.24) is 5.32 Å². The lowest BCUT2D eigenvalue weighted by Crippen LogP contribution is -2.67. The number of carbonyl (C=O) groups is 1. The second kappa shape index (κ2) is 13.5. The maximum absolute atomic E-state index is 11.7. The van der Waals surface area contributed by atoms with Crippen molar-refractivity contribution in [3.63, 3.8) is 0 Å². The van der Waals surface area contributed by atoms with Gasteiger partial charge in [0.2, 0.25) is 5.91 Å². The SMILES string of the molecule is CO[C@H]1[C@H](O)[C@@H](O)[C@@H](O)O[C@@H]1CO[C@@H]1O[C@H](CO)[C@@H](O)[C@H](O)[C@@H]1O[C@@H]1O[C@H](CO)[C@@H](O)[C@H](O)[C@@H]1NC(C)=O. The fourth-order valence-electron chi connectivity index (χ4n) is 4.61. The molecule has 0 radical (unpaired) electrons. The fourth-order valence-corrected chi connectivity index (χ4v) is 4.61. The highest BCUT2D eigenvalue weighted by Gasteiger charge is 2.52. The van der Waals surface area contributed by atoms with Crippen LogP contribution in [0.15, 0.2) is 0 Å². The van der Waals surface area contributed by atoms with Crippen molar-refractivity contribution >= 4 is 5.91 Å². The number of hydrogen-bond donors (Lipinski definition) is 10. The van der Waals surface area contributed by atoms with Gasteiger partial charge in [0.1, 0.15) is 73.2 Å². The van der Waals surface area contributed by atoms with Crippen LogP contribution in [0.5, 0.6) is 0 Å². The summed E-state index contributed by atoms with van der Waals surface area (Å²) < 4.78 is 32.9. The minimum Gasteiger partial charge on any atom is -0.394 e. The van der Waals surface area contributed by atoms with E-state index in [2.05, 4.69) is 5.32 Å². The molecule has 15 atom stereocenters. The molecule has 17 heteroatoms. The standard InChI is InChI=1S/C21H37NO16/c1-6(25)22-10-13(28)11(26)7(3-23)36-20(10)38-18-14(29)12(27)8(4-24)37-21(18)34-5-9-17(33-2)15(30)16(31)19(32)35-9/h7-21,23-24,26-32H,3-5H2,1-2H3,(H,22,25)/t7-,8-,9-,10+,11-,12-,13-,14+,15-,16-,17-,18+,19+,20+,21-/m1/s1. The summed E-state index contributed by atoms with van der Waals surface area (Å²) in [7, 11) is 1.22. The number of aliphatic hydroxyl groups is 9. The molecular formula is C21H37NO16. The highest BCUT2D eigenvalue weighted by atomic mass is 16.8. The van der Waals surface area contributed by atoms with Gasteiger partial charge in [-0.15, -0.1) is 0 Å². The normalized spacial score (nSPS) is 48.0. The largest absolute Gasteiger partial charge is 0.394 e. The predicted molar refractivity (Wildman–Crippen MR) is 118 cm³/mol. The molecule has 3 heterocycles. The van der Waals surface area contributed by atoms with E-state index < -0.39 is 118 Å². The first-order valence-corrected chi connectivity index (χ1v) is 12.0. The zero-order valence-corrected chi connectivity index (χ0v) is 20.7. The Morgan fingerprint density at radius 2 is 1.29 bits per heavy atom. The van der Waals surface area contributed by atoms with E-state index in [0.717, 1.165) is 6.92 Å². The molecule has 0 aliphatic carbocycles. The van der Waals surface area contributed by atoms with Crippen LogP contribution < -0.4 is 5.32 Å². The Morgan fingerprint density at radius 3 is 1.84 bits per heavy atom.